The third-order valence-electron chi connectivity index (χ3n) is 2.05. The maximum atomic E-state index is 11.3. The van der Waals surface area contributed by atoms with Gasteiger partial charge in [0.25, 0.3) is 0 Å². The molecule has 0 aromatic carbocycles. The number of amides is 1. The average molecular weight is 185 g/mol. The second kappa shape index (κ2) is 3.24. The fraction of sp³-hybridized carbons (Fsp3) is 0.750. The van der Waals surface area contributed by atoms with Crippen LogP contribution in [-0.2, 0) is 4.79 Å². The quantitative estimate of drug-likeness (QED) is 0.275. The Morgan fingerprint density at radius 3 is 2.54 bits per heavy atom. The molecule has 0 aliphatic carbocycles. The van der Waals surface area contributed by atoms with Gasteiger partial charge in [0.1, 0.15) is 5.84 Å². The van der Waals surface area contributed by atoms with Gasteiger partial charge < -0.3 is 15.8 Å². The number of hydrogen-bond donors (Lipinski definition) is 2. The first-order chi connectivity index (χ1) is 5.94. The van der Waals surface area contributed by atoms with Crippen LogP contribution in [0.3, 0.4) is 0 Å². The zero-order valence-electron chi connectivity index (χ0n) is 7.95. The minimum atomic E-state index is -0.0744. The van der Waals surface area contributed by atoms with Crippen LogP contribution in [0, 0.1) is 5.41 Å². The van der Waals surface area contributed by atoms with E-state index < -0.39 is 0 Å². The first-order valence-corrected chi connectivity index (χ1v) is 4.19. The number of likely N-dealkylation sites (tertiary alicyclic amines) is 1. The molecule has 1 rings (SSSR count). The molecular weight excluding hydrogens is 170 g/mol. The topological polar surface area (TPSA) is 78.9 Å². The monoisotopic (exact) mass is 185 g/mol. The summed E-state index contributed by atoms with van der Waals surface area (Å²) in [4.78, 5) is 13.0. The highest BCUT2D eigenvalue weighted by Crippen LogP contribution is 2.28. The first kappa shape index (κ1) is 9.83. The second-order valence-corrected chi connectivity index (χ2v) is 4.18. The molecule has 0 aromatic rings. The van der Waals surface area contributed by atoms with Gasteiger partial charge in [0, 0.05) is 13.1 Å². The third-order valence-corrected chi connectivity index (χ3v) is 2.05. The van der Waals surface area contributed by atoms with E-state index in [1.165, 1.54) is 0 Å². The fourth-order valence-electron chi connectivity index (χ4n) is 1.47. The summed E-state index contributed by atoms with van der Waals surface area (Å²) < 4.78 is 0. The Morgan fingerprint density at radius 2 is 2.15 bits per heavy atom. The van der Waals surface area contributed by atoms with Crippen molar-refractivity contribution in [1.29, 1.82) is 0 Å². The van der Waals surface area contributed by atoms with Crippen LogP contribution in [-0.4, -0.2) is 34.9 Å². The van der Waals surface area contributed by atoms with Gasteiger partial charge in [-0.15, -0.1) is 0 Å². The standard InChI is InChI=1S/C8H15N3O2/c1-8(2)4-11(5-8)7(12)3-6(9)10-13/h13H,3-5H2,1-2H3,(H2,9,10). The number of nitrogens with two attached hydrogens (primary N) is 1. The summed E-state index contributed by atoms with van der Waals surface area (Å²) in [7, 11) is 0. The van der Waals surface area contributed by atoms with Crippen LogP contribution >= 0.6 is 0 Å². The molecule has 1 fully saturated rings. The summed E-state index contributed by atoms with van der Waals surface area (Å²) in [5.74, 6) is -0.107. The van der Waals surface area contributed by atoms with E-state index in [-0.39, 0.29) is 23.6 Å². The van der Waals surface area contributed by atoms with Crippen molar-refractivity contribution in [3.8, 4) is 0 Å². The maximum Gasteiger partial charge on any atom is 0.230 e. The van der Waals surface area contributed by atoms with Crippen molar-refractivity contribution >= 4 is 11.7 Å². The van der Waals surface area contributed by atoms with Gasteiger partial charge >= 0.3 is 0 Å². The van der Waals surface area contributed by atoms with Gasteiger partial charge in [-0.25, -0.2) is 0 Å². The summed E-state index contributed by atoms with van der Waals surface area (Å²) in [6.07, 6.45) is 0.00653. The van der Waals surface area contributed by atoms with Crippen molar-refractivity contribution in [3.63, 3.8) is 0 Å². The predicted octanol–water partition coefficient (Wildman–Crippen LogP) is -0.00870. The molecule has 5 nitrogen and oxygen atoms in total. The molecule has 1 saturated heterocycles. The lowest BCUT2D eigenvalue weighted by molar-refractivity contribution is -0.140. The van der Waals surface area contributed by atoms with E-state index in [4.69, 9.17) is 10.9 Å². The van der Waals surface area contributed by atoms with Crippen molar-refractivity contribution in [2.24, 2.45) is 16.3 Å². The van der Waals surface area contributed by atoms with Crippen LogP contribution in [0.1, 0.15) is 20.3 Å². The van der Waals surface area contributed by atoms with Gasteiger partial charge in [-0.05, 0) is 5.41 Å². The molecule has 1 heterocycles. The van der Waals surface area contributed by atoms with Crippen molar-refractivity contribution in [3.05, 3.63) is 0 Å². The minimum Gasteiger partial charge on any atom is -0.409 e. The Labute approximate surface area is 77.2 Å². The maximum absolute atomic E-state index is 11.3. The Morgan fingerprint density at radius 1 is 1.62 bits per heavy atom. The zero-order valence-corrected chi connectivity index (χ0v) is 7.95. The Balaban J connectivity index is 2.36. The minimum absolute atomic E-state index is 0.00653. The molecule has 0 atom stereocenters. The number of rotatable bonds is 2. The highest BCUT2D eigenvalue weighted by atomic mass is 16.4. The fourth-order valence-corrected chi connectivity index (χ4v) is 1.47. The lowest BCUT2D eigenvalue weighted by atomic mass is 9.84. The summed E-state index contributed by atoms with van der Waals surface area (Å²) in [5, 5.41) is 11.0. The average Bonchev–Trinajstić information content (AvgIpc) is 1.99. The normalized spacial score (nSPS) is 21.1. The first-order valence-electron chi connectivity index (χ1n) is 4.19. The molecule has 0 aromatic heterocycles. The molecule has 1 amide bonds. The number of oxime groups is 1. The van der Waals surface area contributed by atoms with Crippen LogP contribution in [0.5, 0.6) is 0 Å². The van der Waals surface area contributed by atoms with E-state index in [1.807, 2.05) is 0 Å². The molecule has 1 aliphatic heterocycles. The number of hydrogen-bond acceptors (Lipinski definition) is 3. The van der Waals surface area contributed by atoms with Crippen molar-refractivity contribution in [2.75, 3.05) is 13.1 Å². The smallest absolute Gasteiger partial charge is 0.230 e. The van der Waals surface area contributed by atoms with Crippen LogP contribution in [0.4, 0.5) is 0 Å². The molecule has 13 heavy (non-hydrogen) atoms. The predicted molar refractivity (Wildman–Crippen MR) is 48.4 cm³/mol. The zero-order chi connectivity index (χ0) is 10.1. The van der Waals surface area contributed by atoms with Gasteiger partial charge in [-0.3, -0.25) is 4.79 Å². The van der Waals surface area contributed by atoms with Crippen molar-refractivity contribution in [2.45, 2.75) is 20.3 Å². The highest BCUT2D eigenvalue weighted by Gasteiger charge is 2.36. The largest absolute Gasteiger partial charge is 0.409 e. The molecule has 3 N–H and O–H groups in total. The third kappa shape index (κ3) is 2.34. The molecule has 0 radical (unpaired) electrons. The van der Waals surface area contributed by atoms with Gasteiger partial charge in [-0.2, -0.15) is 0 Å². The van der Waals surface area contributed by atoms with E-state index in [0.717, 1.165) is 13.1 Å². The lowest BCUT2D eigenvalue weighted by Crippen LogP contribution is -2.55. The Bertz CT molecular complexity index is 240. The van der Waals surface area contributed by atoms with E-state index in [2.05, 4.69) is 19.0 Å². The van der Waals surface area contributed by atoms with E-state index >= 15 is 0 Å². The van der Waals surface area contributed by atoms with Crippen LogP contribution in [0.25, 0.3) is 0 Å². The molecule has 1 aliphatic rings. The summed E-state index contributed by atoms with van der Waals surface area (Å²) in [6, 6.07) is 0. The van der Waals surface area contributed by atoms with Gasteiger partial charge in [0.2, 0.25) is 5.91 Å². The summed E-state index contributed by atoms with van der Waals surface area (Å²) in [6.45, 7) is 5.70. The lowest BCUT2D eigenvalue weighted by Gasteiger charge is -2.45. The van der Waals surface area contributed by atoms with E-state index in [1.54, 1.807) is 4.90 Å². The van der Waals surface area contributed by atoms with E-state index in [0.29, 0.717) is 0 Å². The highest BCUT2D eigenvalue weighted by molar-refractivity contribution is 5.98. The Kier molecular flexibility index (Phi) is 2.45. The number of nitrogens with zero attached hydrogens (tertiary/aromatic N) is 2. The second-order valence-electron chi connectivity index (χ2n) is 4.18. The summed E-state index contributed by atoms with van der Waals surface area (Å²) in [5.41, 5.74) is 5.43. The molecule has 0 unspecified atom stereocenters. The molecule has 0 saturated carbocycles. The van der Waals surface area contributed by atoms with Gasteiger partial charge in [0.15, 0.2) is 0 Å². The molecule has 0 spiro atoms. The van der Waals surface area contributed by atoms with Crippen LogP contribution < -0.4 is 5.73 Å². The number of amidine groups is 1. The van der Waals surface area contributed by atoms with Crippen LogP contribution in [0.15, 0.2) is 5.16 Å². The SMILES string of the molecule is CC1(C)CN(C(=O)C/C(N)=N/O)C1. The molecular formula is C8H15N3O2. The Hall–Kier alpha value is -1.26. The van der Waals surface area contributed by atoms with Crippen molar-refractivity contribution in [1.82, 2.24) is 4.90 Å². The van der Waals surface area contributed by atoms with Crippen LogP contribution in [0.2, 0.25) is 0 Å². The van der Waals surface area contributed by atoms with Crippen molar-refractivity contribution < 1.29 is 10.0 Å². The number of carbonyl (C=O) groups is 1. The van der Waals surface area contributed by atoms with Gasteiger partial charge in [-0.1, -0.05) is 19.0 Å². The number of carbonyl (C=O) groups excluding carboxylic acids is 1. The molecule has 0 bridgehead atoms. The molecule has 74 valence electrons. The summed E-state index contributed by atoms with van der Waals surface area (Å²) >= 11 is 0. The van der Waals surface area contributed by atoms with Gasteiger partial charge in [0.05, 0.1) is 6.42 Å². The van der Waals surface area contributed by atoms with E-state index in [9.17, 15) is 4.79 Å². The molecule has 5 heteroatoms.